The van der Waals surface area contributed by atoms with E-state index in [0.29, 0.717) is 25.1 Å². The molecule has 112 valence electrons. The Morgan fingerprint density at radius 2 is 1.76 bits per heavy atom. The van der Waals surface area contributed by atoms with Crippen LogP contribution in [0, 0.1) is 17.7 Å². The van der Waals surface area contributed by atoms with Gasteiger partial charge >= 0.3 is 5.97 Å². The molecule has 1 amide bonds. The molecule has 1 aliphatic carbocycles. The van der Waals surface area contributed by atoms with Crippen molar-refractivity contribution in [2.24, 2.45) is 11.8 Å². The molecule has 1 N–H and O–H groups in total. The van der Waals surface area contributed by atoms with E-state index in [1.165, 1.54) is 29.2 Å². The minimum Gasteiger partial charge on any atom is -0.481 e. The van der Waals surface area contributed by atoms with Crippen molar-refractivity contribution in [3.8, 4) is 0 Å². The number of carbonyl (C=O) groups is 2. The molecule has 0 saturated carbocycles. The summed E-state index contributed by atoms with van der Waals surface area (Å²) in [5.74, 6) is -2.81. The number of carboxylic acid groups (broad SMARTS) is 1. The van der Waals surface area contributed by atoms with Crippen molar-refractivity contribution >= 4 is 17.6 Å². The Labute approximate surface area is 122 Å². The molecule has 2 unspecified atom stereocenters. The predicted molar refractivity (Wildman–Crippen MR) is 77.4 cm³/mol. The Balaban J connectivity index is 2.25. The number of aliphatic carboxylic acids is 1. The van der Waals surface area contributed by atoms with E-state index in [9.17, 15) is 19.1 Å². The first-order chi connectivity index (χ1) is 10.0. The number of hydrogen-bond acceptors (Lipinski definition) is 2. The highest BCUT2D eigenvalue weighted by atomic mass is 19.1. The van der Waals surface area contributed by atoms with E-state index in [4.69, 9.17) is 0 Å². The van der Waals surface area contributed by atoms with Gasteiger partial charge in [0.2, 0.25) is 5.91 Å². The summed E-state index contributed by atoms with van der Waals surface area (Å²) in [4.78, 5) is 25.5. The Hall–Kier alpha value is -2.17. The molecule has 0 saturated heterocycles. The minimum atomic E-state index is -0.951. The normalized spacial score (nSPS) is 21.0. The van der Waals surface area contributed by atoms with Gasteiger partial charge in [-0.2, -0.15) is 0 Å². The molecule has 21 heavy (non-hydrogen) atoms. The van der Waals surface area contributed by atoms with Gasteiger partial charge in [0.15, 0.2) is 0 Å². The van der Waals surface area contributed by atoms with Crippen molar-refractivity contribution in [3.05, 3.63) is 42.2 Å². The molecule has 0 aliphatic heterocycles. The fourth-order valence-corrected chi connectivity index (χ4v) is 2.65. The van der Waals surface area contributed by atoms with Crippen molar-refractivity contribution in [2.45, 2.75) is 19.8 Å². The highest BCUT2D eigenvalue weighted by Gasteiger charge is 2.36. The van der Waals surface area contributed by atoms with E-state index in [0.717, 1.165) is 0 Å². The first-order valence-corrected chi connectivity index (χ1v) is 6.99. The van der Waals surface area contributed by atoms with E-state index in [-0.39, 0.29) is 11.7 Å². The number of anilines is 1. The van der Waals surface area contributed by atoms with Gasteiger partial charge in [-0.15, -0.1) is 0 Å². The summed E-state index contributed by atoms with van der Waals surface area (Å²) in [7, 11) is 0. The van der Waals surface area contributed by atoms with E-state index < -0.39 is 17.8 Å². The third kappa shape index (κ3) is 3.29. The van der Waals surface area contributed by atoms with Crippen LogP contribution in [-0.2, 0) is 9.59 Å². The van der Waals surface area contributed by atoms with Crippen LogP contribution in [0.1, 0.15) is 19.8 Å². The monoisotopic (exact) mass is 291 g/mol. The van der Waals surface area contributed by atoms with Crippen LogP contribution < -0.4 is 4.90 Å². The van der Waals surface area contributed by atoms with E-state index in [1.54, 1.807) is 6.08 Å². The van der Waals surface area contributed by atoms with Gasteiger partial charge in [0.1, 0.15) is 5.82 Å². The summed E-state index contributed by atoms with van der Waals surface area (Å²) in [6.45, 7) is 2.23. The SMILES string of the molecule is CCN(C(=O)C1CC=CCC1C(=O)O)c1ccc(F)cc1. The fourth-order valence-electron chi connectivity index (χ4n) is 2.65. The fraction of sp³-hybridized carbons (Fsp3) is 0.375. The second kappa shape index (κ2) is 6.52. The lowest BCUT2D eigenvalue weighted by molar-refractivity contribution is -0.146. The zero-order valence-electron chi connectivity index (χ0n) is 11.8. The summed E-state index contributed by atoms with van der Waals surface area (Å²) in [5, 5.41) is 9.26. The molecule has 1 aromatic carbocycles. The van der Waals surface area contributed by atoms with Gasteiger partial charge in [-0.3, -0.25) is 9.59 Å². The Bertz CT molecular complexity index is 553. The quantitative estimate of drug-likeness (QED) is 0.868. The third-order valence-electron chi connectivity index (χ3n) is 3.79. The maximum Gasteiger partial charge on any atom is 0.307 e. The third-order valence-corrected chi connectivity index (χ3v) is 3.79. The van der Waals surface area contributed by atoms with Crippen LogP contribution in [0.3, 0.4) is 0 Å². The number of hydrogen-bond donors (Lipinski definition) is 1. The number of nitrogens with zero attached hydrogens (tertiary/aromatic N) is 1. The van der Waals surface area contributed by atoms with Crippen LogP contribution in [-0.4, -0.2) is 23.5 Å². The second-order valence-electron chi connectivity index (χ2n) is 5.05. The van der Waals surface area contributed by atoms with Crippen molar-refractivity contribution in [3.63, 3.8) is 0 Å². The summed E-state index contributed by atoms with van der Waals surface area (Å²) in [6.07, 6.45) is 4.44. The minimum absolute atomic E-state index is 0.221. The van der Waals surface area contributed by atoms with Crippen molar-refractivity contribution in [2.75, 3.05) is 11.4 Å². The lowest BCUT2D eigenvalue weighted by Crippen LogP contribution is -2.42. The van der Waals surface area contributed by atoms with E-state index in [2.05, 4.69) is 0 Å². The molecule has 1 aromatic rings. The largest absolute Gasteiger partial charge is 0.481 e. The molecule has 5 heteroatoms. The predicted octanol–water partition coefficient (Wildman–Crippen LogP) is 2.85. The average Bonchev–Trinajstić information content (AvgIpc) is 2.49. The zero-order chi connectivity index (χ0) is 15.4. The van der Waals surface area contributed by atoms with Crippen molar-refractivity contribution < 1.29 is 19.1 Å². The Kier molecular flexibility index (Phi) is 4.73. The summed E-state index contributed by atoms with van der Waals surface area (Å²) >= 11 is 0. The zero-order valence-corrected chi connectivity index (χ0v) is 11.8. The van der Waals surface area contributed by atoms with Crippen LogP contribution in [0.2, 0.25) is 0 Å². The van der Waals surface area contributed by atoms with Crippen molar-refractivity contribution in [1.82, 2.24) is 0 Å². The molecule has 0 radical (unpaired) electrons. The topological polar surface area (TPSA) is 57.6 Å². The molecule has 1 aliphatic rings. The lowest BCUT2D eigenvalue weighted by Gasteiger charge is -2.30. The van der Waals surface area contributed by atoms with E-state index >= 15 is 0 Å². The first-order valence-electron chi connectivity index (χ1n) is 6.99. The van der Waals surface area contributed by atoms with Gasteiger partial charge < -0.3 is 10.0 Å². The van der Waals surface area contributed by atoms with Crippen LogP contribution in [0.4, 0.5) is 10.1 Å². The second-order valence-corrected chi connectivity index (χ2v) is 5.05. The first kappa shape index (κ1) is 15.2. The van der Waals surface area contributed by atoms with Crippen LogP contribution in [0.15, 0.2) is 36.4 Å². The molecule has 0 aromatic heterocycles. The standard InChI is InChI=1S/C16H18FNO3/c1-2-18(12-9-7-11(17)8-10-12)15(19)13-5-3-4-6-14(13)16(20)21/h3-4,7-10,13-14H,2,5-6H2,1H3,(H,20,21). The van der Waals surface area contributed by atoms with Gasteiger partial charge in [0.25, 0.3) is 0 Å². The number of rotatable bonds is 4. The Morgan fingerprint density at radius 3 is 2.29 bits per heavy atom. The number of allylic oxidation sites excluding steroid dienone is 2. The molecule has 0 fully saturated rings. The number of halogens is 1. The number of carbonyl (C=O) groups excluding carboxylic acids is 1. The molecule has 2 atom stereocenters. The average molecular weight is 291 g/mol. The maximum atomic E-state index is 13.0. The number of carboxylic acids is 1. The van der Waals surface area contributed by atoms with Crippen LogP contribution in [0.25, 0.3) is 0 Å². The van der Waals surface area contributed by atoms with Crippen molar-refractivity contribution in [1.29, 1.82) is 0 Å². The highest BCUT2D eigenvalue weighted by molar-refractivity contribution is 5.97. The van der Waals surface area contributed by atoms with Gasteiger partial charge in [0.05, 0.1) is 11.8 Å². The van der Waals surface area contributed by atoms with Gasteiger partial charge in [-0.1, -0.05) is 12.2 Å². The molecular weight excluding hydrogens is 273 g/mol. The van der Waals surface area contributed by atoms with Crippen LogP contribution in [0.5, 0.6) is 0 Å². The number of amides is 1. The van der Waals surface area contributed by atoms with Gasteiger partial charge in [-0.25, -0.2) is 4.39 Å². The Morgan fingerprint density at radius 1 is 1.19 bits per heavy atom. The molecule has 2 rings (SSSR count). The summed E-state index contributed by atoms with van der Waals surface area (Å²) < 4.78 is 13.0. The molecule has 4 nitrogen and oxygen atoms in total. The summed E-state index contributed by atoms with van der Waals surface area (Å²) in [5.41, 5.74) is 0.586. The molecule has 0 heterocycles. The molecular formula is C16H18FNO3. The van der Waals surface area contributed by atoms with Crippen LogP contribution >= 0.6 is 0 Å². The smallest absolute Gasteiger partial charge is 0.307 e. The van der Waals surface area contributed by atoms with Gasteiger partial charge in [0, 0.05) is 12.2 Å². The van der Waals surface area contributed by atoms with E-state index in [1.807, 2.05) is 13.0 Å². The van der Waals surface area contributed by atoms with Gasteiger partial charge in [-0.05, 0) is 44.0 Å². The molecule has 0 bridgehead atoms. The maximum absolute atomic E-state index is 13.0. The lowest BCUT2D eigenvalue weighted by atomic mass is 9.82. The number of benzene rings is 1. The molecule has 0 spiro atoms. The summed E-state index contributed by atoms with van der Waals surface area (Å²) in [6, 6.07) is 5.65. The highest BCUT2D eigenvalue weighted by Crippen LogP contribution is 2.29.